The molecule has 0 amide bonds. The lowest BCUT2D eigenvalue weighted by molar-refractivity contribution is 0.247. The minimum Gasteiger partial charge on any atom is -0.493 e. The van der Waals surface area contributed by atoms with Crippen LogP contribution in [0, 0.1) is 6.92 Å². The minimum absolute atomic E-state index is 0.578. The molecule has 3 heterocycles. The average molecular weight is 383 g/mol. The molecule has 144 valence electrons. The molecule has 0 fully saturated rings. The number of benzene rings is 2. The molecule has 5 rings (SSSR count). The molecule has 5 heteroatoms. The Balaban J connectivity index is 1.67. The monoisotopic (exact) mass is 383 g/mol. The van der Waals surface area contributed by atoms with Gasteiger partial charge in [-0.3, -0.25) is 10.1 Å². The van der Waals surface area contributed by atoms with E-state index < -0.39 is 0 Å². The second-order valence-electron chi connectivity index (χ2n) is 7.10. The highest BCUT2D eigenvalue weighted by atomic mass is 16.5. The van der Waals surface area contributed by atoms with Crippen LogP contribution in [-0.2, 0) is 0 Å². The van der Waals surface area contributed by atoms with Gasteiger partial charge in [0.2, 0.25) is 0 Å². The number of para-hydroxylation sites is 2. The van der Waals surface area contributed by atoms with Crippen molar-refractivity contribution in [2.75, 3.05) is 13.2 Å². The molecule has 1 aliphatic heterocycles. The molecule has 0 saturated heterocycles. The van der Waals surface area contributed by atoms with E-state index in [2.05, 4.69) is 40.3 Å². The number of aromatic nitrogens is 3. The van der Waals surface area contributed by atoms with E-state index in [0.29, 0.717) is 13.2 Å². The van der Waals surface area contributed by atoms with Crippen LogP contribution in [0.1, 0.15) is 23.2 Å². The molecule has 0 spiro atoms. The molecule has 29 heavy (non-hydrogen) atoms. The van der Waals surface area contributed by atoms with Gasteiger partial charge in [-0.2, -0.15) is 5.10 Å². The van der Waals surface area contributed by atoms with Gasteiger partial charge in [-0.15, -0.1) is 0 Å². The van der Waals surface area contributed by atoms with Crippen LogP contribution in [0.25, 0.3) is 34.3 Å². The molecular weight excluding hydrogens is 362 g/mol. The maximum atomic E-state index is 6.17. The van der Waals surface area contributed by atoms with E-state index in [9.17, 15) is 0 Å². The summed E-state index contributed by atoms with van der Waals surface area (Å²) in [6, 6.07) is 16.2. The Kier molecular flexibility index (Phi) is 4.48. The first kappa shape index (κ1) is 17.5. The van der Waals surface area contributed by atoms with Crippen LogP contribution in [0.3, 0.4) is 0 Å². The third-order valence-electron chi connectivity index (χ3n) is 5.10. The predicted octanol–water partition coefficient (Wildman–Crippen LogP) is 5.27. The summed E-state index contributed by atoms with van der Waals surface area (Å²) in [5.74, 6) is 1.73. The van der Waals surface area contributed by atoms with E-state index in [0.717, 1.165) is 56.9 Å². The van der Waals surface area contributed by atoms with Gasteiger partial charge in [-0.05, 0) is 42.8 Å². The number of hydrogen-bond donors (Lipinski definition) is 1. The van der Waals surface area contributed by atoms with Crippen LogP contribution in [-0.4, -0.2) is 28.4 Å². The fourth-order valence-corrected chi connectivity index (χ4v) is 3.59. The van der Waals surface area contributed by atoms with Crippen LogP contribution in [0.5, 0.6) is 11.5 Å². The second-order valence-corrected chi connectivity index (χ2v) is 7.10. The number of aryl methyl sites for hydroxylation is 1. The van der Waals surface area contributed by atoms with Crippen molar-refractivity contribution in [1.82, 2.24) is 15.2 Å². The highest BCUT2D eigenvalue weighted by Gasteiger charge is 2.13. The van der Waals surface area contributed by atoms with Gasteiger partial charge in [0, 0.05) is 22.9 Å². The summed E-state index contributed by atoms with van der Waals surface area (Å²) < 4.78 is 12.2. The topological polar surface area (TPSA) is 60.0 Å². The number of nitrogens with one attached hydrogen (secondary N) is 1. The number of hydrogen-bond acceptors (Lipinski definition) is 4. The first-order chi connectivity index (χ1) is 14.3. The summed E-state index contributed by atoms with van der Waals surface area (Å²) in [7, 11) is 0. The summed E-state index contributed by atoms with van der Waals surface area (Å²) in [5, 5.41) is 8.56. The molecule has 1 aliphatic rings. The number of rotatable bonds is 0. The van der Waals surface area contributed by atoms with Crippen molar-refractivity contribution in [2.24, 2.45) is 0 Å². The fraction of sp³-hybridized carbons (Fsp3) is 0.167. The van der Waals surface area contributed by atoms with E-state index in [1.807, 2.05) is 48.7 Å². The standard InChI is InChI=1S/C24H21N3O2/c1-16-6-4-8-18-21-14-19-20(26-27-22(19)15-25-21)11-10-17-7-2-3-9-23(17)28-12-5-13-29-24(16)18/h2-4,6-11,14-15H,5,12-13H2,1H3,(H,26,27)/b11-10+. The Bertz CT molecular complexity index is 1210. The zero-order valence-corrected chi connectivity index (χ0v) is 16.2. The number of H-pyrrole nitrogens is 1. The van der Waals surface area contributed by atoms with Crippen molar-refractivity contribution in [3.8, 4) is 22.8 Å². The molecule has 1 N–H and O–H groups in total. The number of nitrogens with zero attached hydrogens (tertiary/aromatic N) is 2. The van der Waals surface area contributed by atoms with Crippen molar-refractivity contribution in [2.45, 2.75) is 13.3 Å². The fourth-order valence-electron chi connectivity index (χ4n) is 3.59. The molecule has 4 aromatic rings. The van der Waals surface area contributed by atoms with Gasteiger partial charge in [0.05, 0.1) is 36.3 Å². The van der Waals surface area contributed by atoms with Crippen LogP contribution in [0.15, 0.2) is 54.7 Å². The Morgan fingerprint density at radius 3 is 2.83 bits per heavy atom. The van der Waals surface area contributed by atoms with Crippen molar-refractivity contribution >= 4 is 23.1 Å². The third kappa shape index (κ3) is 3.36. The van der Waals surface area contributed by atoms with Gasteiger partial charge in [0.1, 0.15) is 11.5 Å². The smallest absolute Gasteiger partial charge is 0.131 e. The Labute approximate surface area is 169 Å². The lowest BCUT2D eigenvalue weighted by atomic mass is 10.0. The molecule has 2 aromatic carbocycles. The summed E-state index contributed by atoms with van der Waals surface area (Å²) in [6.45, 7) is 3.23. The van der Waals surface area contributed by atoms with E-state index in [4.69, 9.17) is 9.47 Å². The lowest BCUT2D eigenvalue weighted by Gasteiger charge is -2.14. The Morgan fingerprint density at radius 1 is 0.966 bits per heavy atom. The van der Waals surface area contributed by atoms with Gasteiger partial charge in [-0.1, -0.05) is 30.3 Å². The quantitative estimate of drug-likeness (QED) is 0.450. The van der Waals surface area contributed by atoms with Crippen LogP contribution in [0.2, 0.25) is 0 Å². The summed E-state index contributed by atoms with van der Waals surface area (Å²) >= 11 is 0. The van der Waals surface area contributed by atoms with Gasteiger partial charge in [0.15, 0.2) is 0 Å². The second kappa shape index (κ2) is 7.43. The summed E-state index contributed by atoms with van der Waals surface area (Å²) in [5.41, 5.74) is 5.74. The highest BCUT2D eigenvalue weighted by Crippen LogP contribution is 2.34. The van der Waals surface area contributed by atoms with Crippen LogP contribution in [0.4, 0.5) is 0 Å². The van der Waals surface area contributed by atoms with Crippen LogP contribution >= 0.6 is 0 Å². The van der Waals surface area contributed by atoms with Crippen molar-refractivity contribution in [1.29, 1.82) is 0 Å². The van der Waals surface area contributed by atoms with E-state index in [-0.39, 0.29) is 0 Å². The van der Waals surface area contributed by atoms with Gasteiger partial charge < -0.3 is 9.47 Å². The molecule has 2 bridgehead atoms. The number of ether oxygens (including phenoxy) is 2. The number of aromatic amines is 1. The predicted molar refractivity (Wildman–Crippen MR) is 115 cm³/mol. The van der Waals surface area contributed by atoms with Crippen molar-refractivity contribution < 1.29 is 9.47 Å². The molecular formula is C24H21N3O2. The van der Waals surface area contributed by atoms with E-state index in [1.54, 1.807) is 0 Å². The minimum atomic E-state index is 0.578. The van der Waals surface area contributed by atoms with E-state index in [1.165, 1.54) is 0 Å². The third-order valence-corrected chi connectivity index (χ3v) is 5.10. The summed E-state index contributed by atoms with van der Waals surface area (Å²) in [6.07, 6.45) is 6.67. The molecule has 2 aromatic heterocycles. The first-order valence-corrected chi connectivity index (χ1v) is 9.76. The normalized spacial score (nSPS) is 14.8. The Morgan fingerprint density at radius 2 is 1.86 bits per heavy atom. The van der Waals surface area contributed by atoms with Gasteiger partial charge in [0.25, 0.3) is 0 Å². The van der Waals surface area contributed by atoms with Gasteiger partial charge in [-0.25, -0.2) is 0 Å². The highest BCUT2D eigenvalue weighted by molar-refractivity contribution is 5.92. The Hall–Kier alpha value is -3.60. The number of pyridine rings is 1. The number of fused-ring (bicyclic) bond motifs is 4. The molecule has 5 nitrogen and oxygen atoms in total. The average Bonchev–Trinajstić information content (AvgIpc) is 3.15. The molecule has 0 aliphatic carbocycles. The molecule has 0 saturated carbocycles. The summed E-state index contributed by atoms with van der Waals surface area (Å²) in [4.78, 5) is 4.65. The van der Waals surface area contributed by atoms with Crippen molar-refractivity contribution in [3.05, 3.63) is 71.5 Å². The van der Waals surface area contributed by atoms with Crippen molar-refractivity contribution in [3.63, 3.8) is 0 Å². The zero-order chi connectivity index (χ0) is 19.6. The first-order valence-electron chi connectivity index (χ1n) is 9.76. The van der Waals surface area contributed by atoms with E-state index >= 15 is 0 Å². The van der Waals surface area contributed by atoms with Crippen LogP contribution < -0.4 is 9.47 Å². The SMILES string of the molecule is Cc1cccc2c1OCCCOc1ccccc1/C=C/c1n[nH]c3cnc-2cc13. The maximum absolute atomic E-state index is 6.17. The van der Waals surface area contributed by atoms with Gasteiger partial charge >= 0.3 is 0 Å². The molecule has 0 atom stereocenters. The zero-order valence-electron chi connectivity index (χ0n) is 16.2. The molecule has 0 radical (unpaired) electrons. The lowest BCUT2D eigenvalue weighted by Crippen LogP contribution is -2.07. The maximum Gasteiger partial charge on any atom is 0.131 e. The largest absolute Gasteiger partial charge is 0.493 e. The molecule has 0 unspecified atom stereocenters.